The van der Waals surface area contributed by atoms with Crippen LogP contribution in [0.3, 0.4) is 0 Å². The summed E-state index contributed by atoms with van der Waals surface area (Å²) in [6.07, 6.45) is 1.89. The maximum absolute atomic E-state index is 4.46. The number of hydrogen-bond donors (Lipinski definition) is 1. The Morgan fingerprint density at radius 2 is 1.79 bits per heavy atom. The van der Waals surface area contributed by atoms with Crippen molar-refractivity contribution in [1.82, 2.24) is 14.9 Å². The zero-order valence-electron chi connectivity index (χ0n) is 11.2. The van der Waals surface area contributed by atoms with Crippen LogP contribution in [0.5, 0.6) is 0 Å². The Balaban J connectivity index is 2.22. The molecule has 0 spiro atoms. The average Bonchev–Trinajstić information content (AvgIpc) is 2.90. The van der Waals surface area contributed by atoms with E-state index in [1.54, 1.807) is 0 Å². The number of nitrogens with zero attached hydrogens (tertiary/aromatic N) is 2. The fraction of sp³-hybridized carbons (Fsp3) is 0.188. The third-order valence-electron chi connectivity index (χ3n) is 3.55. The van der Waals surface area contributed by atoms with Gasteiger partial charge in [-0.1, -0.05) is 30.3 Å². The summed E-state index contributed by atoms with van der Waals surface area (Å²) in [4.78, 5) is 4.46. The lowest BCUT2D eigenvalue weighted by Crippen LogP contribution is -2.14. The molecule has 0 aliphatic heterocycles. The highest BCUT2D eigenvalue weighted by Gasteiger charge is 2.11. The highest BCUT2D eigenvalue weighted by Crippen LogP contribution is 2.24. The van der Waals surface area contributed by atoms with E-state index >= 15 is 0 Å². The molecule has 1 heterocycles. The lowest BCUT2D eigenvalue weighted by atomic mass is 10.1. The van der Waals surface area contributed by atoms with Crippen LogP contribution >= 0.6 is 0 Å². The second-order valence-electron chi connectivity index (χ2n) is 4.67. The molecule has 19 heavy (non-hydrogen) atoms. The van der Waals surface area contributed by atoms with Crippen LogP contribution in [0.2, 0.25) is 0 Å². The second kappa shape index (κ2) is 4.86. The van der Waals surface area contributed by atoms with Crippen molar-refractivity contribution in [2.45, 2.75) is 13.0 Å². The van der Waals surface area contributed by atoms with Gasteiger partial charge in [-0.2, -0.15) is 0 Å². The van der Waals surface area contributed by atoms with Crippen LogP contribution in [-0.4, -0.2) is 16.6 Å². The van der Waals surface area contributed by atoms with Gasteiger partial charge < -0.3 is 5.32 Å². The predicted octanol–water partition coefficient (Wildman–Crippen LogP) is 3.31. The zero-order valence-corrected chi connectivity index (χ0v) is 11.2. The number of para-hydroxylation sites is 3. The maximum Gasteiger partial charge on any atom is 0.100 e. The van der Waals surface area contributed by atoms with Gasteiger partial charge in [-0.15, -0.1) is 0 Å². The molecule has 1 N–H and O–H groups in total. The molecule has 0 aliphatic rings. The van der Waals surface area contributed by atoms with E-state index in [1.165, 1.54) is 11.3 Å². The summed E-state index contributed by atoms with van der Waals surface area (Å²) >= 11 is 0. The SMILES string of the molecule is CNC(C)c1ccccc1-n1cnc2ccccc21. The third kappa shape index (κ3) is 2.02. The zero-order chi connectivity index (χ0) is 13.2. The van der Waals surface area contributed by atoms with E-state index in [2.05, 4.69) is 52.1 Å². The van der Waals surface area contributed by atoms with Crippen molar-refractivity contribution in [3.8, 4) is 5.69 Å². The van der Waals surface area contributed by atoms with Gasteiger partial charge >= 0.3 is 0 Å². The summed E-state index contributed by atoms with van der Waals surface area (Å²) in [5, 5.41) is 3.30. The summed E-state index contributed by atoms with van der Waals surface area (Å²) in [5.41, 5.74) is 4.61. The number of rotatable bonds is 3. The first-order valence-electron chi connectivity index (χ1n) is 6.50. The van der Waals surface area contributed by atoms with Crippen molar-refractivity contribution in [2.75, 3.05) is 7.05 Å². The molecule has 0 amide bonds. The van der Waals surface area contributed by atoms with E-state index in [4.69, 9.17) is 0 Å². The van der Waals surface area contributed by atoms with Crippen molar-refractivity contribution < 1.29 is 0 Å². The van der Waals surface area contributed by atoms with Crippen LogP contribution in [0.1, 0.15) is 18.5 Å². The number of hydrogen-bond acceptors (Lipinski definition) is 2. The average molecular weight is 251 g/mol. The van der Waals surface area contributed by atoms with Crippen LogP contribution < -0.4 is 5.32 Å². The van der Waals surface area contributed by atoms with Gasteiger partial charge in [-0.05, 0) is 37.7 Å². The molecule has 1 unspecified atom stereocenters. The molecular weight excluding hydrogens is 234 g/mol. The van der Waals surface area contributed by atoms with Gasteiger partial charge in [0, 0.05) is 6.04 Å². The molecule has 0 saturated carbocycles. The minimum Gasteiger partial charge on any atom is -0.313 e. The monoisotopic (exact) mass is 251 g/mol. The number of benzene rings is 2. The lowest BCUT2D eigenvalue weighted by Gasteiger charge is -2.16. The van der Waals surface area contributed by atoms with E-state index in [1.807, 2.05) is 31.6 Å². The normalized spacial score (nSPS) is 12.7. The summed E-state index contributed by atoms with van der Waals surface area (Å²) in [7, 11) is 1.98. The summed E-state index contributed by atoms with van der Waals surface area (Å²) in [6.45, 7) is 2.16. The quantitative estimate of drug-likeness (QED) is 0.774. The Morgan fingerprint density at radius 1 is 1.05 bits per heavy atom. The smallest absolute Gasteiger partial charge is 0.100 e. The van der Waals surface area contributed by atoms with Crippen molar-refractivity contribution in [3.05, 3.63) is 60.4 Å². The molecule has 0 radical (unpaired) electrons. The molecule has 1 aromatic heterocycles. The first kappa shape index (κ1) is 11.9. The highest BCUT2D eigenvalue weighted by molar-refractivity contribution is 5.77. The van der Waals surface area contributed by atoms with Crippen LogP contribution in [0.15, 0.2) is 54.9 Å². The van der Waals surface area contributed by atoms with E-state index in [0.717, 1.165) is 11.0 Å². The topological polar surface area (TPSA) is 29.9 Å². The van der Waals surface area contributed by atoms with E-state index < -0.39 is 0 Å². The maximum atomic E-state index is 4.46. The minimum absolute atomic E-state index is 0.303. The van der Waals surface area contributed by atoms with Crippen molar-refractivity contribution in [2.24, 2.45) is 0 Å². The van der Waals surface area contributed by atoms with Gasteiger partial charge in [0.15, 0.2) is 0 Å². The molecule has 3 nitrogen and oxygen atoms in total. The van der Waals surface area contributed by atoms with Gasteiger partial charge in [0.05, 0.1) is 16.7 Å². The molecule has 0 fully saturated rings. The fourth-order valence-electron chi connectivity index (χ4n) is 2.38. The Bertz CT molecular complexity index is 700. The van der Waals surface area contributed by atoms with Crippen LogP contribution in [-0.2, 0) is 0 Å². The molecule has 3 heteroatoms. The van der Waals surface area contributed by atoms with Crippen molar-refractivity contribution >= 4 is 11.0 Å². The Morgan fingerprint density at radius 3 is 2.63 bits per heavy atom. The van der Waals surface area contributed by atoms with Gasteiger partial charge in [-0.25, -0.2) is 4.98 Å². The third-order valence-corrected chi connectivity index (χ3v) is 3.55. The number of nitrogens with one attached hydrogen (secondary N) is 1. The predicted molar refractivity (Wildman–Crippen MR) is 78.5 cm³/mol. The first-order valence-corrected chi connectivity index (χ1v) is 6.50. The molecule has 1 atom stereocenters. The van der Waals surface area contributed by atoms with Crippen LogP contribution in [0.4, 0.5) is 0 Å². The van der Waals surface area contributed by atoms with E-state index in [0.29, 0.717) is 6.04 Å². The Kier molecular flexibility index (Phi) is 3.05. The first-order chi connectivity index (χ1) is 9.31. The number of aromatic nitrogens is 2. The summed E-state index contributed by atoms with van der Waals surface area (Å²) in [6, 6.07) is 16.9. The number of fused-ring (bicyclic) bond motifs is 1. The van der Waals surface area contributed by atoms with E-state index in [9.17, 15) is 0 Å². The molecule has 0 bridgehead atoms. The van der Waals surface area contributed by atoms with E-state index in [-0.39, 0.29) is 0 Å². The van der Waals surface area contributed by atoms with Gasteiger partial charge in [0.2, 0.25) is 0 Å². The minimum atomic E-state index is 0.303. The van der Waals surface area contributed by atoms with Crippen molar-refractivity contribution in [1.29, 1.82) is 0 Å². The molecule has 0 saturated heterocycles. The lowest BCUT2D eigenvalue weighted by molar-refractivity contribution is 0.648. The van der Waals surface area contributed by atoms with Gasteiger partial charge in [-0.3, -0.25) is 4.57 Å². The Hall–Kier alpha value is -2.13. The molecule has 2 aromatic carbocycles. The summed E-state index contributed by atoms with van der Waals surface area (Å²) in [5.74, 6) is 0. The summed E-state index contributed by atoms with van der Waals surface area (Å²) < 4.78 is 2.15. The second-order valence-corrected chi connectivity index (χ2v) is 4.67. The van der Waals surface area contributed by atoms with Gasteiger partial charge in [0.1, 0.15) is 6.33 Å². The molecule has 3 rings (SSSR count). The van der Waals surface area contributed by atoms with Gasteiger partial charge in [0.25, 0.3) is 0 Å². The Labute approximate surface area is 112 Å². The standard InChI is InChI=1S/C16H17N3/c1-12(17-2)13-7-3-5-9-15(13)19-11-18-14-8-4-6-10-16(14)19/h3-12,17H,1-2H3. The fourth-order valence-corrected chi connectivity index (χ4v) is 2.38. The molecule has 96 valence electrons. The van der Waals surface area contributed by atoms with Crippen LogP contribution in [0.25, 0.3) is 16.7 Å². The molecule has 3 aromatic rings. The van der Waals surface area contributed by atoms with Crippen LogP contribution in [0, 0.1) is 0 Å². The number of imidazole rings is 1. The highest BCUT2D eigenvalue weighted by atomic mass is 15.1. The molecule has 0 aliphatic carbocycles. The molecular formula is C16H17N3. The largest absolute Gasteiger partial charge is 0.313 e. The van der Waals surface area contributed by atoms with Crippen molar-refractivity contribution in [3.63, 3.8) is 0 Å².